The van der Waals surface area contributed by atoms with Crippen LogP contribution in [0.1, 0.15) is 0 Å². The second kappa shape index (κ2) is 15.0. The first-order valence-electron chi connectivity index (χ1n) is 20.1. The number of rotatable bonds is 8. The van der Waals surface area contributed by atoms with Gasteiger partial charge >= 0.3 is 0 Å². The van der Waals surface area contributed by atoms with E-state index in [1.807, 2.05) is 48.5 Å². The van der Waals surface area contributed by atoms with E-state index >= 15 is 0 Å². The molecule has 0 amide bonds. The van der Waals surface area contributed by atoms with Gasteiger partial charge in [-0.2, -0.15) is 0 Å². The zero-order valence-corrected chi connectivity index (χ0v) is 32.5. The fraction of sp³-hybridized carbons (Fsp3) is 0. The molecule has 2 heterocycles. The Balaban J connectivity index is 1.04. The van der Waals surface area contributed by atoms with Gasteiger partial charge in [0.1, 0.15) is 11.2 Å². The molecule has 0 unspecified atom stereocenters. The van der Waals surface area contributed by atoms with Gasteiger partial charge in [0, 0.05) is 50.5 Å². The van der Waals surface area contributed by atoms with E-state index in [2.05, 4.69) is 175 Å². The molecule has 0 saturated carbocycles. The lowest BCUT2D eigenvalue weighted by molar-refractivity contribution is 0.669. The summed E-state index contributed by atoms with van der Waals surface area (Å²) in [6, 6.07) is 75.7. The topological polar surface area (TPSA) is 55.1 Å². The molecule has 9 aromatic carbocycles. The highest BCUT2D eigenvalue weighted by Crippen LogP contribution is 2.44. The van der Waals surface area contributed by atoms with Crippen LogP contribution in [0, 0.1) is 0 Å². The fourth-order valence-corrected chi connectivity index (χ4v) is 8.29. The number of para-hydroxylation sites is 2. The van der Waals surface area contributed by atoms with Gasteiger partial charge in [-0.25, -0.2) is 15.0 Å². The molecule has 2 aromatic heterocycles. The summed E-state index contributed by atoms with van der Waals surface area (Å²) in [5.74, 6) is 1.79. The van der Waals surface area contributed by atoms with Crippen LogP contribution in [0.3, 0.4) is 0 Å². The first-order chi connectivity index (χ1) is 29.7. The van der Waals surface area contributed by atoms with Gasteiger partial charge in [-0.15, -0.1) is 0 Å². The van der Waals surface area contributed by atoms with Gasteiger partial charge in [0.2, 0.25) is 0 Å². The lowest BCUT2D eigenvalue weighted by Crippen LogP contribution is -2.11. The molecule has 0 fully saturated rings. The Hall–Kier alpha value is -8.15. The summed E-state index contributed by atoms with van der Waals surface area (Å²) in [5, 5.41) is 4.38. The van der Waals surface area contributed by atoms with Gasteiger partial charge in [-0.05, 0) is 63.9 Å². The van der Waals surface area contributed by atoms with Crippen LogP contribution in [-0.2, 0) is 0 Å². The average molecular weight is 769 g/mol. The summed E-state index contributed by atoms with van der Waals surface area (Å²) in [4.78, 5) is 17.7. The molecule has 0 aliphatic heterocycles. The van der Waals surface area contributed by atoms with E-state index in [4.69, 9.17) is 19.4 Å². The van der Waals surface area contributed by atoms with E-state index in [1.54, 1.807) is 0 Å². The number of aromatic nitrogens is 3. The monoisotopic (exact) mass is 768 g/mol. The van der Waals surface area contributed by atoms with E-state index in [0.29, 0.717) is 17.5 Å². The van der Waals surface area contributed by atoms with E-state index in [1.165, 1.54) is 16.3 Å². The van der Waals surface area contributed by atoms with Gasteiger partial charge in [0.05, 0.1) is 5.69 Å². The van der Waals surface area contributed by atoms with E-state index in [-0.39, 0.29) is 0 Å². The maximum Gasteiger partial charge on any atom is 0.164 e. The lowest BCUT2D eigenvalue weighted by Gasteiger charge is -2.27. The SMILES string of the molecule is c1ccc(-c2nc(-c3ccc(-c4cccc5ccccc45)cc3)nc(-c3cccc4oc5cc(N(c6ccccc6)c6ccccc6-c6ccccc6)ccc5c34)n2)cc1. The Bertz CT molecular complexity index is 3300. The summed E-state index contributed by atoms with van der Waals surface area (Å²) in [6.07, 6.45) is 0. The Labute approximate surface area is 347 Å². The molecule has 0 radical (unpaired) electrons. The van der Waals surface area contributed by atoms with Crippen molar-refractivity contribution < 1.29 is 4.42 Å². The fourth-order valence-electron chi connectivity index (χ4n) is 8.29. The maximum atomic E-state index is 6.71. The van der Waals surface area contributed by atoms with Gasteiger partial charge in [0.25, 0.3) is 0 Å². The molecule has 11 aromatic rings. The lowest BCUT2D eigenvalue weighted by atomic mass is 9.97. The highest BCUT2D eigenvalue weighted by atomic mass is 16.3. The van der Waals surface area contributed by atoms with Crippen molar-refractivity contribution in [2.45, 2.75) is 0 Å². The van der Waals surface area contributed by atoms with E-state index in [9.17, 15) is 0 Å². The van der Waals surface area contributed by atoms with Crippen molar-refractivity contribution in [1.29, 1.82) is 0 Å². The summed E-state index contributed by atoms with van der Waals surface area (Å²) < 4.78 is 6.71. The van der Waals surface area contributed by atoms with Crippen molar-refractivity contribution in [2.24, 2.45) is 0 Å². The van der Waals surface area contributed by atoms with Crippen LogP contribution < -0.4 is 4.90 Å². The first kappa shape index (κ1) is 35.0. The van der Waals surface area contributed by atoms with Crippen LogP contribution in [0.4, 0.5) is 17.1 Å². The minimum absolute atomic E-state index is 0.581. The van der Waals surface area contributed by atoms with Crippen LogP contribution in [0.25, 0.3) is 89.1 Å². The normalized spacial score (nSPS) is 11.3. The van der Waals surface area contributed by atoms with Gasteiger partial charge in [-0.3, -0.25) is 0 Å². The van der Waals surface area contributed by atoms with Crippen molar-refractivity contribution in [3.05, 3.63) is 218 Å². The highest BCUT2D eigenvalue weighted by Gasteiger charge is 2.21. The third kappa shape index (κ3) is 6.35. The molecular formula is C55H36N4O. The maximum absolute atomic E-state index is 6.71. The minimum atomic E-state index is 0.581. The van der Waals surface area contributed by atoms with Crippen LogP contribution in [0.5, 0.6) is 0 Å². The Morgan fingerprint density at radius 3 is 1.67 bits per heavy atom. The largest absolute Gasteiger partial charge is 0.456 e. The molecule has 0 saturated heterocycles. The molecule has 0 aliphatic carbocycles. The number of hydrogen-bond donors (Lipinski definition) is 0. The van der Waals surface area contributed by atoms with E-state index < -0.39 is 0 Å². The molecule has 11 rings (SSSR count). The van der Waals surface area contributed by atoms with Crippen molar-refractivity contribution in [3.8, 4) is 56.4 Å². The van der Waals surface area contributed by atoms with Crippen molar-refractivity contribution >= 4 is 49.8 Å². The molecule has 5 nitrogen and oxygen atoms in total. The number of nitrogens with zero attached hydrogens (tertiary/aromatic N) is 4. The minimum Gasteiger partial charge on any atom is -0.456 e. The Kier molecular flexibility index (Phi) is 8.75. The molecular weight excluding hydrogens is 733 g/mol. The van der Waals surface area contributed by atoms with Crippen molar-refractivity contribution in [2.75, 3.05) is 4.90 Å². The summed E-state index contributed by atoms with van der Waals surface area (Å²) >= 11 is 0. The summed E-state index contributed by atoms with van der Waals surface area (Å²) in [5.41, 5.74) is 12.0. The Morgan fingerprint density at radius 1 is 0.333 bits per heavy atom. The van der Waals surface area contributed by atoms with Crippen LogP contribution >= 0.6 is 0 Å². The third-order valence-electron chi connectivity index (χ3n) is 11.1. The zero-order chi connectivity index (χ0) is 39.8. The molecule has 0 aliphatic rings. The predicted octanol–water partition coefficient (Wildman–Crippen LogP) is 14.7. The standard InChI is InChI=1S/C55H36N4O/c1-4-16-38(17-5-1)46-25-12-13-28-49(46)59(42-22-8-3-9-23-42)43-34-35-47-51(36-43)60-50-29-15-27-48(52(47)50)55-57-53(40-19-6-2-7-20-40)56-54(58-55)41-32-30-39(31-33-41)45-26-14-21-37-18-10-11-24-44(37)45/h1-36H. The molecule has 60 heavy (non-hydrogen) atoms. The van der Waals surface area contributed by atoms with Crippen LogP contribution in [0.15, 0.2) is 223 Å². The first-order valence-corrected chi connectivity index (χ1v) is 20.1. The average Bonchev–Trinajstić information content (AvgIpc) is 3.71. The summed E-state index contributed by atoms with van der Waals surface area (Å²) in [6.45, 7) is 0. The molecule has 0 N–H and O–H groups in total. The number of hydrogen-bond acceptors (Lipinski definition) is 5. The summed E-state index contributed by atoms with van der Waals surface area (Å²) in [7, 11) is 0. The number of fused-ring (bicyclic) bond motifs is 4. The van der Waals surface area contributed by atoms with Gasteiger partial charge in [-0.1, -0.05) is 176 Å². The molecule has 282 valence electrons. The quantitative estimate of drug-likeness (QED) is 0.154. The van der Waals surface area contributed by atoms with Crippen molar-refractivity contribution in [3.63, 3.8) is 0 Å². The van der Waals surface area contributed by atoms with Crippen molar-refractivity contribution in [1.82, 2.24) is 15.0 Å². The number of anilines is 3. The molecule has 0 bridgehead atoms. The number of furan rings is 1. The Morgan fingerprint density at radius 2 is 0.883 bits per heavy atom. The third-order valence-corrected chi connectivity index (χ3v) is 11.1. The molecule has 5 heteroatoms. The molecule has 0 atom stereocenters. The van der Waals surface area contributed by atoms with E-state index in [0.717, 1.165) is 72.4 Å². The number of benzene rings is 9. The van der Waals surface area contributed by atoms with Crippen LogP contribution in [0.2, 0.25) is 0 Å². The second-order valence-electron chi connectivity index (χ2n) is 14.8. The smallest absolute Gasteiger partial charge is 0.164 e. The molecule has 0 spiro atoms. The second-order valence-corrected chi connectivity index (χ2v) is 14.8. The van der Waals surface area contributed by atoms with Gasteiger partial charge < -0.3 is 9.32 Å². The zero-order valence-electron chi connectivity index (χ0n) is 32.5. The highest BCUT2D eigenvalue weighted by molar-refractivity contribution is 6.12. The van der Waals surface area contributed by atoms with Gasteiger partial charge in [0.15, 0.2) is 17.5 Å². The van der Waals surface area contributed by atoms with Crippen LogP contribution in [-0.4, -0.2) is 15.0 Å². The predicted molar refractivity (Wildman–Crippen MR) is 246 cm³/mol.